The molecule has 2 heterocycles. The number of aromatic nitrogens is 1. The number of nitrogens with zero attached hydrogens (tertiary/aromatic N) is 2. The fraction of sp³-hybridized carbons (Fsp3) is 0.692. The Morgan fingerprint density at radius 3 is 3.00 bits per heavy atom. The topological polar surface area (TPSA) is 33.2 Å². The van der Waals surface area contributed by atoms with Crippen LogP contribution in [0.25, 0.3) is 0 Å². The highest BCUT2D eigenvalue weighted by molar-refractivity contribution is 7.17. The number of aryl methyl sites for hydroxylation is 1. The van der Waals surface area contributed by atoms with Gasteiger partial charge in [-0.1, -0.05) is 31.6 Å². The molecule has 17 heavy (non-hydrogen) atoms. The van der Waals surface area contributed by atoms with Crippen LogP contribution in [0.4, 0.5) is 5.13 Å². The highest BCUT2D eigenvalue weighted by Gasteiger charge is 2.26. The molecule has 0 spiro atoms. The van der Waals surface area contributed by atoms with Crippen molar-refractivity contribution >= 4 is 22.8 Å². The predicted octanol–water partition coefficient (Wildman–Crippen LogP) is 3.29. The molecule has 1 aromatic rings. The van der Waals surface area contributed by atoms with E-state index in [1.54, 1.807) is 11.3 Å². The molecule has 1 atom stereocenters. The second-order valence-corrected chi connectivity index (χ2v) is 5.58. The molecular formula is C13H20N2OS. The Bertz CT molecular complexity index is 389. The lowest BCUT2D eigenvalue weighted by Crippen LogP contribution is -2.28. The van der Waals surface area contributed by atoms with Crippen LogP contribution >= 0.6 is 11.3 Å². The SMILES string of the molecule is CCCc1nc(N2CCCC2CC)sc1C=O. The van der Waals surface area contributed by atoms with E-state index in [0.29, 0.717) is 6.04 Å². The molecule has 0 N–H and O–H groups in total. The summed E-state index contributed by atoms with van der Waals surface area (Å²) in [6, 6.07) is 0.620. The Morgan fingerprint density at radius 1 is 1.53 bits per heavy atom. The summed E-state index contributed by atoms with van der Waals surface area (Å²) in [7, 11) is 0. The molecule has 0 aromatic carbocycles. The van der Waals surface area contributed by atoms with Gasteiger partial charge in [0.25, 0.3) is 0 Å². The third kappa shape index (κ3) is 2.51. The molecule has 3 nitrogen and oxygen atoms in total. The maximum absolute atomic E-state index is 11.0. The molecule has 4 heteroatoms. The number of rotatable bonds is 5. The molecule has 94 valence electrons. The van der Waals surface area contributed by atoms with Crippen LogP contribution < -0.4 is 4.90 Å². The summed E-state index contributed by atoms with van der Waals surface area (Å²) in [5, 5.41) is 1.06. The van der Waals surface area contributed by atoms with Crippen LogP contribution in [0, 0.1) is 0 Å². The van der Waals surface area contributed by atoms with Gasteiger partial charge in [-0.25, -0.2) is 4.98 Å². The number of carbonyl (C=O) groups is 1. The molecule has 1 unspecified atom stereocenters. The first kappa shape index (κ1) is 12.6. The molecule has 1 aromatic heterocycles. The fourth-order valence-electron chi connectivity index (χ4n) is 2.49. The number of carbonyl (C=O) groups excluding carboxylic acids is 1. The first-order valence-electron chi connectivity index (χ1n) is 6.51. The molecule has 0 aliphatic carbocycles. The molecule has 1 fully saturated rings. The van der Waals surface area contributed by atoms with Crippen LogP contribution in [0.2, 0.25) is 0 Å². The zero-order valence-electron chi connectivity index (χ0n) is 10.6. The number of hydrogen-bond donors (Lipinski definition) is 0. The molecule has 2 rings (SSSR count). The van der Waals surface area contributed by atoms with Crippen molar-refractivity contribution in [1.82, 2.24) is 4.98 Å². The van der Waals surface area contributed by atoms with Gasteiger partial charge in [0.15, 0.2) is 11.4 Å². The first-order chi connectivity index (χ1) is 8.30. The van der Waals surface area contributed by atoms with Gasteiger partial charge in [-0.15, -0.1) is 0 Å². The first-order valence-corrected chi connectivity index (χ1v) is 7.33. The monoisotopic (exact) mass is 252 g/mol. The van der Waals surface area contributed by atoms with E-state index in [9.17, 15) is 4.79 Å². The minimum absolute atomic E-state index is 0.620. The Morgan fingerprint density at radius 2 is 2.35 bits per heavy atom. The summed E-state index contributed by atoms with van der Waals surface area (Å²) in [4.78, 5) is 18.9. The summed E-state index contributed by atoms with van der Waals surface area (Å²) >= 11 is 1.56. The van der Waals surface area contributed by atoms with E-state index < -0.39 is 0 Å². The van der Waals surface area contributed by atoms with Gasteiger partial charge < -0.3 is 4.90 Å². The van der Waals surface area contributed by atoms with E-state index in [4.69, 9.17) is 0 Å². The second-order valence-electron chi connectivity index (χ2n) is 4.57. The number of anilines is 1. The zero-order valence-corrected chi connectivity index (χ0v) is 11.4. The largest absolute Gasteiger partial charge is 0.345 e. The lowest BCUT2D eigenvalue weighted by Gasteiger charge is -2.22. The van der Waals surface area contributed by atoms with Crippen LogP contribution in [-0.2, 0) is 6.42 Å². The lowest BCUT2D eigenvalue weighted by molar-refractivity contribution is 0.112. The zero-order chi connectivity index (χ0) is 12.3. The third-order valence-electron chi connectivity index (χ3n) is 3.40. The van der Waals surface area contributed by atoms with Crippen LogP contribution in [0.1, 0.15) is 54.9 Å². The molecule has 1 aliphatic rings. The summed E-state index contributed by atoms with van der Waals surface area (Å²) in [5.41, 5.74) is 0.990. The van der Waals surface area contributed by atoms with E-state index >= 15 is 0 Å². The Hall–Kier alpha value is -0.900. The van der Waals surface area contributed by atoms with E-state index in [-0.39, 0.29) is 0 Å². The highest BCUT2D eigenvalue weighted by atomic mass is 32.1. The summed E-state index contributed by atoms with van der Waals surface area (Å²) in [6.07, 6.45) is 6.59. The minimum Gasteiger partial charge on any atom is -0.345 e. The third-order valence-corrected chi connectivity index (χ3v) is 4.46. The maximum atomic E-state index is 11.0. The van der Waals surface area contributed by atoms with Gasteiger partial charge in [-0.05, 0) is 25.7 Å². The van der Waals surface area contributed by atoms with Gasteiger partial charge in [0.1, 0.15) is 0 Å². The van der Waals surface area contributed by atoms with Gasteiger partial charge in [-0.2, -0.15) is 0 Å². The van der Waals surface area contributed by atoms with Crippen molar-refractivity contribution in [2.45, 2.75) is 52.0 Å². The maximum Gasteiger partial charge on any atom is 0.186 e. The van der Waals surface area contributed by atoms with E-state index in [0.717, 1.165) is 41.4 Å². The van der Waals surface area contributed by atoms with Crippen molar-refractivity contribution in [3.05, 3.63) is 10.6 Å². The molecule has 0 bridgehead atoms. The van der Waals surface area contributed by atoms with Gasteiger partial charge >= 0.3 is 0 Å². The molecule has 1 aliphatic heterocycles. The van der Waals surface area contributed by atoms with E-state index in [1.807, 2.05) is 0 Å². The quantitative estimate of drug-likeness (QED) is 0.754. The van der Waals surface area contributed by atoms with Crippen molar-refractivity contribution in [3.8, 4) is 0 Å². The average Bonchev–Trinajstić information content (AvgIpc) is 2.94. The number of hydrogen-bond acceptors (Lipinski definition) is 4. The summed E-state index contributed by atoms with van der Waals surface area (Å²) in [6.45, 7) is 5.44. The standard InChI is InChI=1S/C13H20N2OS/c1-3-6-11-12(9-16)17-13(14-11)15-8-5-7-10(15)4-2/h9-10H,3-8H2,1-2H3. The molecule has 1 saturated heterocycles. The van der Waals surface area contributed by atoms with Crippen molar-refractivity contribution in [1.29, 1.82) is 0 Å². The predicted molar refractivity (Wildman–Crippen MR) is 72.2 cm³/mol. The van der Waals surface area contributed by atoms with Crippen LogP contribution in [0.5, 0.6) is 0 Å². The number of aldehydes is 1. The average molecular weight is 252 g/mol. The van der Waals surface area contributed by atoms with Crippen LogP contribution in [0.3, 0.4) is 0 Å². The molecular weight excluding hydrogens is 232 g/mol. The van der Waals surface area contributed by atoms with Gasteiger partial charge in [0.05, 0.1) is 10.6 Å². The summed E-state index contributed by atoms with van der Waals surface area (Å²) in [5.74, 6) is 0. The Labute approximate surface area is 107 Å². The van der Waals surface area contributed by atoms with Crippen molar-refractivity contribution < 1.29 is 4.79 Å². The molecule has 0 saturated carbocycles. The van der Waals surface area contributed by atoms with Gasteiger partial charge in [-0.3, -0.25) is 4.79 Å². The minimum atomic E-state index is 0.620. The van der Waals surface area contributed by atoms with Crippen LogP contribution in [-0.4, -0.2) is 23.9 Å². The van der Waals surface area contributed by atoms with Crippen molar-refractivity contribution in [3.63, 3.8) is 0 Å². The van der Waals surface area contributed by atoms with Crippen molar-refractivity contribution in [2.75, 3.05) is 11.4 Å². The molecule has 0 radical (unpaired) electrons. The normalized spacial score (nSPS) is 19.9. The number of thiazole rings is 1. The van der Waals surface area contributed by atoms with Crippen LogP contribution in [0.15, 0.2) is 0 Å². The van der Waals surface area contributed by atoms with Crippen molar-refractivity contribution in [2.24, 2.45) is 0 Å². The molecule has 0 amide bonds. The Balaban J connectivity index is 2.23. The van der Waals surface area contributed by atoms with Gasteiger partial charge in [0, 0.05) is 12.6 Å². The second kappa shape index (κ2) is 5.63. The van der Waals surface area contributed by atoms with Gasteiger partial charge in [0.2, 0.25) is 0 Å². The lowest BCUT2D eigenvalue weighted by atomic mass is 10.2. The smallest absolute Gasteiger partial charge is 0.186 e. The fourth-order valence-corrected chi connectivity index (χ4v) is 3.52. The van der Waals surface area contributed by atoms with E-state index in [1.165, 1.54) is 19.3 Å². The van der Waals surface area contributed by atoms with E-state index in [2.05, 4.69) is 23.7 Å². The summed E-state index contributed by atoms with van der Waals surface area (Å²) < 4.78 is 0. The highest BCUT2D eigenvalue weighted by Crippen LogP contribution is 2.32. The Kier molecular flexibility index (Phi) is 4.15.